The fourth-order valence-corrected chi connectivity index (χ4v) is 3.88. The van der Waals surface area contributed by atoms with Crippen LogP contribution in [0, 0.1) is 5.82 Å². The Morgan fingerprint density at radius 3 is 2.09 bits per heavy atom. The fraction of sp³-hybridized carbons (Fsp3) is 0.200. The molecule has 1 atom stereocenters. The molecular formula is C15H13F4NO2S. The zero-order valence-electron chi connectivity index (χ0n) is 11.7. The number of alkyl halides is 3. The predicted octanol–water partition coefficient (Wildman–Crippen LogP) is 3.32. The molecule has 2 aromatic carbocycles. The summed E-state index contributed by atoms with van der Waals surface area (Å²) in [6.07, 6.45) is -4.71. The molecule has 0 aromatic heterocycles. The molecule has 3 nitrogen and oxygen atoms in total. The molecule has 2 rings (SSSR count). The molecule has 0 fully saturated rings. The Kier molecular flexibility index (Phi) is 4.76. The van der Waals surface area contributed by atoms with Gasteiger partial charge in [-0.05, 0) is 35.9 Å². The monoisotopic (exact) mass is 347 g/mol. The first kappa shape index (κ1) is 17.4. The predicted molar refractivity (Wildman–Crippen MR) is 76.8 cm³/mol. The van der Waals surface area contributed by atoms with Crippen molar-refractivity contribution in [2.75, 3.05) is 6.54 Å². The minimum absolute atomic E-state index is 0.286. The summed E-state index contributed by atoms with van der Waals surface area (Å²) in [5.74, 6) is -0.649. The Balaban J connectivity index is 2.59. The van der Waals surface area contributed by atoms with Gasteiger partial charge in [0.15, 0.2) is 9.84 Å². The van der Waals surface area contributed by atoms with Crippen LogP contribution >= 0.6 is 0 Å². The van der Waals surface area contributed by atoms with Gasteiger partial charge in [-0.2, -0.15) is 13.2 Å². The third-order valence-corrected chi connectivity index (χ3v) is 5.47. The van der Waals surface area contributed by atoms with Gasteiger partial charge in [0, 0.05) is 6.54 Å². The average molecular weight is 347 g/mol. The Labute approximate surface area is 130 Å². The van der Waals surface area contributed by atoms with E-state index in [4.69, 9.17) is 5.73 Å². The van der Waals surface area contributed by atoms with E-state index in [-0.39, 0.29) is 4.90 Å². The van der Waals surface area contributed by atoms with Crippen molar-refractivity contribution in [2.24, 2.45) is 5.73 Å². The van der Waals surface area contributed by atoms with Crippen LogP contribution in [-0.2, 0) is 16.0 Å². The van der Waals surface area contributed by atoms with E-state index in [0.29, 0.717) is 0 Å². The molecule has 0 amide bonds. The molecule has 0 aliphatic rings. The van der Waals surface area contributed by atoms with E-state index < -0.39 is 44.8 Å². The lowest BCUT2D eigenvalue weighted by Crippen LogP contribution is -2.25. The molecule has 0 radical (unpaired) electrons. The lowest BCUT2D eigenvalue weighted by atomic mass is 10.0. The molecule has 2 N–H and O–H groups in total. The Hall–Kier alpha value is -1.93. The van der Waals surface area contributed by atoms with E-state index >= 15 is 0 Å². The molecule has 2 aromatic rings. The van der Waals surface area contributed by atoms with Gasteiger partial charge in [0.1, 0.15) is 11.1 Å². The molecule has 0 bridgehead atoms. The van der Waals surface area contributed by atoms with E-state index in [2.05, 4.69) is 0 Å². The molecular weight excluding hydrogens is 334 g/mol. The summed E-state index contributed by atoms with van der Waals surface area (Å²) in [7, 11) is -4.20. The lowest BCUT2D eigenvalue weighted by Gasteiger charge is -2.20. The minimum atomic E-state index is -4.71. The highest BCUT2D eigenvalue weighted by atomic mass is 32.2. The summed E-state index contributed by atoms with van der Waals surface area (Å²) in [6, 6.07) is 8.23. The van der Waals surface area contributed by atoms with Crippen LogP contribution in [0.5, 0.6) is 0 Å². The quantitative estimate of drug-likeness (QED) is 0.682. The summed E-state index contributed by atoms with van der Waals surface area (Å²) in [5.41, 5.74) is 3.97. The number of rotatable bonds is 4. The summed E-state index contributed by atoms with van der Waals surface area (Å²) in [6.45, 7) is -0.535. The van der Waals surface area contributed by atoms with Gasteiger partial charge >= 0.3 is 6.18 Å². The third-order valence-electron chi connectivity index (χ3n) is 3.34. The van der Waals surface area contributed by atoms with Crippen LogP contribution in [0.4, 0.5) is 17.6 Å². The highest BCUT2D eigenvalue weighted by Gasteiger charge is 2.38. The van der Waals surface area contributed by atoms with Gasteiger partial charge in [-0.25, -0.2) is 12.8 Å². The first-order valence-corrected chi connectivity index (χ1v) is 8.08. The largest absolute Gasteiger partial charge is 0.416 e. The third kappa shape index (κ3) is 3.53. The Bertz CT molecular complexity index is 786. The van der Waals surface area contributed by atoms with E-state index in [0.717, 1.165) is 36.4 Å². The number of halogens is 4. The van der Waals surface area contributed by atoms with Gasteiger partial charge in [0.05, 0.1) is 10.5 Å². The van der Waals surface area contributed by atoms with Crippen LogP contribution in [0.3, 0.4) is 0 Å². The molecule has 8 heteroatoms. The van der Waals surface area contributed by atoms with Gasteiger partial charge in [-0.15, -0.1) is 0 Å². The number of sulfone groups is 1. The van der Waals surface area contributed by atoms with Gasteiger partial charge in [-0.1, -0.05) is 18.2 Å². The van der Waals surface area contributed by atoms with E-state index in [9.17, 15) is 26.0 Å². The zero-order chi connectivity index (χ0) is 17.3. The second-order valence-corrected chi connectivity index (χ2v) is 6.94. The van der Waals surface area contributed by atoms with Gasteiger partial charge in [0.25, 0.3) is 0 Å². The average Bonchev–Trinajstić information content (AvgIpc) is 2.47. The van der Waals surface area contributed by atoms with Crippen LogP contribution in [0.1, 0.15) is 16.4 Å². The number of hydrogen-bond donors (Lipinski definition) is 1. The lowest BCUT2D eigenvalue weighted by molar-refractivity contribution is -0.138. The maximum Gasteiger partial charge on any atom is 0.416 e. The molecule has 23 heavy (non-hydrogen) atoms. The molecule has 124 valence electrons. The van der Waals surface area contributed by atoms with E-state index in [1.54, 1.807) is 0 Å². The number of benzene rings is 2. The van der Waals surface area contributed by atoms with Crippen LogP contribution in [-0.4, -0.2) is 15.0 Å². The second kappa shape index (κ2) is 6.29. The van der Waals surface area contributed by atoms with Crippen molar-refractivity contribution < 1.29 is 26.0 Å². The van der Waals surface area contributed by atoms with Crippen molar-refractivity contribution in [3.05, 3.63) is 65.5 Å². The second-order valence-electron chi connectivity index (χ2n) is 4.81. The molecule has 0 saturated heterocycles. The van der Waals surface area contributed by atoms with Crippen molar-refractivity contribution in [3.63, 3.8) is 0 Å². The van der Waals surface area contributed by atoms with Crippen LogP contribution in [0.25, 0.3) is 0 Å². The van der Waals surface area contributed by atoms with Crippen LogP contribution in [0.2, 0.25) is 0 Å². The summed E-state index contributed by atoms with van der Waals surface area (Å²) >= 11 is 0. The number of hydrogen-bond acceptors (Lipinski definition) is 3. The van der Waals surface area contributed by atoms with Crippen LogP contribution < -0.4 is 5.73 Å². The number of nitrogens with two attached hydrogens (primary N) is 1. The van der Waals surface area contributed by atoms with Gasteiger partial charge in [-0.3, -0.25) is 0 Å². The summed E-state index contributed by atoms with van der Waals surface area (Å²) in [5, 5.41) is -1.58. The molecule has 0 heterocycles. The highest BCUT2D eigenvalue weighted by Crippen LogP contribution is 2.38. The smallest absolute Gasteiger partial charge is 0.329 e. The summed E-state index contributed by atoms with van der Waals surface area (Å²) < 4.78 is 77.4. The summed E-state index contributed by atoms with van der Waals surface area (Å²) in [4.78, 5) is -0.286. The van der Waals surface area contributed by atoms with Gasteiger partial charge < -0.3 is 5.73 Å². The topological polar surface area (TPSA) is 60.2 Å². The van der Waals surface area contributed by atoms with Crippen molar-refractivity contribution >= 4 is 9.84 Å². The Morgan fingerprint density at radius 2 is 1.57 bits per heavy atom. The molecule has 0 aliphatic heterocycles. The first-order valence-electron chi connectivity index (χ1n) is 6.53. The normalized spacial score (nSPS) is 13.8. The molecule has 0 spiro atoms. The maximum atomic E-state index is 13.1. The van der Waals surface area contributed by atoms with Crippen molar-refractivity contribution in [1.29, 1.82) is 0 Å². The minimum Gasteiger partial charge on any atom is -0.329 e. The van der Waals surface area contributed by atoms with Crippen LogP contribution in [0.15, 0.2) is 53.4 Å². The van der Waals surface area contributed by atoms with Crippen molar-refractivity contribution in [1.82, 2.24) is 0 Å². The highest BCUT2D eigenvalue weighted by molar-refractivity contribution is 7.91. The molecule has 0 unspecified atom stereocenters. The Morgan fingerprint density at radius 1 is 1.00 bits per heavy atom. The molecule has 0 saturated carbocycles. The van der Waals surface area contributed by atoms with Crippen molar-refractivity contribution in [2.45, 2.75) is 16.3 Å². The standard InChI is InChI=1S/C15H13F4NO2S/c16-10-5-7-11(8-6-10)23(21,22)14(9-20)12-3-1-2-4-13(12)15(17,18)19/h1-8,14H,9,20H2/t14-/m1/s1. The SMILES string of the molecule is NC[C@H](c1ccccc1C(F)(F)F)S(=O)(=O)c1ccc(F)cc1. The maximum absolute atomic E-state index is 13.1. The van der Waals surface area contributed by atoms with Gasteiger partial charge in [0.2, 0.25) is 0 Å². The van der Waals surface area contributed by atoms with E-state index in [1.165, 1.54) is 12.1 Å². The van der Waals surface area contributed by atoms with Crippen molar-refractivity contribution in [3.8, 4) is 0 Å². The fourth-order valence-electron chi connectivity index (χ4n) is 2.25. The molecule has 0 aliphatic carbocycles. The zero-order valence-corrected chi connectivity index (χ0v) is 12.5. The van der Waals surface area contributed by atoms with E-state index in [1.807, 2.05) is 0 Å². The first-order chi connectivity index (χ1) is 10.7.